The number of hydrogen-bond donors (Lipinski definition) is 2. The van der Waals surface area contributed by atoms with Gasteiger partial charge in [-0.3, -0.25) is 4.79 Å². The first-order chi connectivity index (χ1) is 16.3. The van der Waals surface area contributed by atoms with E-state index in [0.29, 0.717) is 23.8 Å². The van der Waals surface area contributed by atoms with Crippen LogP contribution in [0.3, 0.4) is 0 Å². The minimum Gasteiger partial charge on any atom is -0.507 e. The van der Waals surface area contributed by atoms with Crippen molar-refractivity contribution in [2.24, 2.45) is 17.8 Å². The first-order valence-corrected chi connectivity index (χ1v) is 13.4. The molecular weight excluding hydrogens is 503 g/mol. The van der Waals surface area contributed by atoms with E-state index in [1.165, 1.54) is 19.3 Å². The van der Waals surface area contributed by atoms with Crippen molar-refractivity contribution < 1.29 is 31.5 Å². The largest absolute Gasteiger partial charge is 0.507 e. The number of aromatic hydroxyl groups is 1. The Morgan fingerprint density at radius 3 is 2.14 bits per heavy atom. The molecule has 0 unspecified atom stereocenters. The minimum absolute atomic E-state index is 0.0544. The highest BCUT2D eigenvalue weighted by atomic mass is 35.5. The summed E-state index contributed by atoms with van der Waals surface area (Å²) in [6.07, 6.45) is 6.70. The summed E-state index contributed by atoms with van der Waals surface area (Å²) in [6.45, 7) is 1.85. The van der Waals surface area contributed by atoms with Crippen LogP contribution in [-0.4, -0.2) is 24.9 Å². The van der Waals surface area contributed by atoms with Crippen molar-refractivity contribution in [3.63, 3.8) is 0 Å². The molecule has 0 aliphatic heterocycles. The topological polar surface area (TPSA) is 83.5 Å². The van der Waals surface area contributed by atoms with Crippen LogP contribution in [0.15, 0.2) is 35.2 Å². The first-order valence-electron chi connectivity index (χ1n) is 11.6. The van der Waals surface area contributed by atoms with Gasteiger partial charge in [-0.2, -0.15) is 13.2 Å². The monoisotopic (exact) mass is 527 g/mol. The molecule has 4 saturated carbocycles. The van der Waals surface area contributed by atoms with Gasteiger partial charge in [0.2, 0.25) is 0 Å². The number of nitrogens with one attached hydrogen (secondary N) is 1. The summed E-state index contributed by atoms with van der Waals surface area (Å²) in [6, 6.07) is 5.91. The summed E-state index contributed by atoms with van der Waals surface area (Å²) in [4.78, 5) is 12.1. The number of aryl methyl sites for hydroxylation is 1. The molecule has 0 heterocycles. The number of phenolic OH excluding ortho intramolecular Hbond substituents is 1. The number of phenols is 1. The molecule has 0 atom stereocenters. The maximum Gasteiger partial charge on any atom is 0.501 e. The van der Waals surface area contributed by atoms with Crippen LogP contribution >= 0.6 is 11.6 Å². The third kappa shape index (κ3) is 4.10. The van der Waals surface area contributed by atoms with Crippen LogP contribution in [0.1, 0.15) is 60.0 Å². The second-order valence-corrected chi connectivity index (χ2v) is 12.8. The fourth-order valence-corrected chi connectivity index (χ4v) is 7.96. The van der Waals surface area contributed by atoms with Crippen LogP contribution < -0.4 is 5.32 Å². The lowest BCUT2D eigenvalue weighted by atomic mass is 9.48. The van der Waals surface area contributed by atoms with Crippen LogP contribution in [0.4, 0.5) is 18.9 Å². The summed E-state index contributed by atoms with van der Waals surface area (Å²) in [5.41, 5.74) is -4.02. The van der Waals surface area contributed by atoms with Gasteiger partial charge in [-0.1, -0.05) is 17.7 Å². The molecular formula is C25H25ClF3NO4S. The Labute approximate surface area is 206 Å². The zero-order valence-corrected chi connectivity index (χ0v) is 20.5. The number of amides is 1. The number of halogens is 4. The van der Waals surface area contributed by atoms with Gasteiger partial charge in [0.25, 0.3) is 15.7 Å². The number of carbonyl (C=O) groups is 1. The van der Waals surface area contributed by atoms with E-state index in [4.69, 9.17) is 11.6 Å². The SMILES string of the molecule is Cc1cc(C(=O)Nc2ccc(S(=O)(=O)C(F)(F)F)cc2Cl)c(O)c(C23CC4CC(CC(C4)C2)C3)c1. The van der Waals surface area contributed by atoms with Gasteiger partial charge in [0, 0.05) is 5.56 Å². The molecule has 0 radical (unpaired) electrons. The highest BCUT2D eigenvalue weighted by molar-refractivity contribution is 7.92. The normalized spacial score (nSPS) is 27.7. The van der Waals surface area contributed by atoms with Crippen LogP contribution in [0.5, 0.6) is 5.75 Å². The average Bonchev–Trinajstić information content (AvgIpc) is 2.74. The molecule has 1 amide bonds. The zero-order valence-electron chi connectivity index (χ0n) is 19.0. The van der Waals surface area contributed by atoms with E-state index in [-0.39, 0.29) is 27.4 Å². The highest BCUT2D eigenvalue weighted by Crippen LogP contribution is 2.62. The molecule has 188 valence electrons. The molecule has 10 heteroatoms. The van der Waals surface area contributed by atoms with Gasteiger partial charge in [0.1, 0.15) is 5.75 Å². The van der Waals surface area contributed by atoms with Crippen molar-refractivity contribution >= 4 is 33.0 Å². The predicted octanol–water partition coefficient (Wildman–Crippen LogP) is 6.37. The van der Waals surface area contributed by atoms with Crippen LogP contribution in [-0.2, 0) is 15.3 Å². The molecule has 2 aromatic carbocycles. The quantitative estimate of drug-likeness (QED) is 0.484. The molecule has 4 aliphatic carbocycles. The summed E-state index contributed by atoms with van der Waals surface area (Å²) in [7, 11) is -5.57. The van der Waals surface area contributed by atoms with E-state index in [9.17, 15) is 31.5 Å². The van der Waals surface area contributed by atoms with Crippen molar-refractivity contribution in [3.8, 4) is 5.75 Å². The van der Waals surface area contributed by atoms with Gasteiger partial charge in [0.05, 0.1) is 21.2 Å². The van der Waals surface area contributed by atoms with Gasteiger partial charge in [0.15, 0.2) is 0 Å². The summed E-state index contributed by atoms with van der Waals surface area (Å²) in [5, 5.41) is 13.4. The molecule has 2 N–H and O–H groups in total. The van der Waals surface area contributed by atoms with Crippen molar-refractivity contribution in [1.29, 1.82) is 0 Å². The Hall–Kier alpha value is -2.26. The number of rotatable bonds is 4. The lowest BCUT2D eigenvalue weighted by Gasteiger charge is -2.57. The van der Waals surface area contributed by atoms with Gasteiger partial charge >= 0.3 is 5.51 Å². The van der Waals surface area contributed by atoms with Crippen molar-refractivity contribution in [3.05, 3.63) is 52.0 Å². The predicted molar refractivity (Wildman–Crippen MR) is 125 cm³/mol. The molecule has 4 fully saturated rings. The Kier molecular flexibility index (Phi) is 5.68. The number of alkyl halides is 3. The highest BCUT2D eigenvalue weighted by Gasteiger charge is 2.52. The second kappa shape index (κ2) is 8.13. The van der Waals surface area contributed by atoms with E-state index >= 15 is 0 Å². The van der Waals surface area contributed by atoms with Crippen molar-refractivity contribution in [2.75, 3.05) is 5.32 Å². The van der Waals surface area contributed by atoms with Crippen molar-refractivity contribution in [1.82, 2.24) is 0 Å². The van der Waals surface area contributed by atoms with Gasteiger partial charge in [-0.05, 0) is 98.4 Å². The van der Waals surface area contributed by atoms with Crippen LogP contribution in [0.2, 0.25) is 5.02 Å². The second-order valence-electron chi connectivity index (χ2n) is 10.5. The number of carbonyl (C=O) groups excluding carboxylic acids is 1. The molecule has 0 spiro atoms. The van der Waals surface area contributed by atoms with Crippen LogP contribution in [0.25, 0.3) is 0 Å². The van der Waals surface area contributed by atoms with Crippen LogP contribution in [0, 0.1) is 24.7 Å². The first kappa shape index (κ1) is 24.4. The van der Waals surface area contributed by atoms with Gasteiger partial charge in [-0.15, -0.1) is 0 Å². The lowest BCUT2D eigenvalue weighted by molar-refractivity contribution is -0.0436. The molecule has 6 rings (SSSR count). The Morgan fingerprint density at radius 1 is 1.06 bits per heavy atom. The maximum atomic E-state index is 13.1. The Balaban J connectivity index is 1.45. The summed E-state index contributed by atoms with van der Waals surface area (Å²) < 4.78 is 61.8. The fourth-order valence-electron chi connectivity index (χ4n) is 6.88. The minimum atomic E-state index is -5.57. The fraction of sp³-hybridized carbons (Fsp3) is 0.480. The summed E-state index contributed by atoms with van der Waals surface area (Å²) >= 11 is 6.02. The number of hydrogen-bond acceptors (Lipinski definition) is 4. The lowest BCUT2D eigenvalue weighted by Crippen LogP contribution is -2.48. The summed E-state index contributed by atoms with van der Waals surface area (Å²) in [5.74, 6) is 1.17. The zero-order chi connectivity index (χ0) is 25.3. The third-order valence-corrected chi connectivity index (χ3v) is 9.71. The molecule has 0 aromatic heterocycles. The van der Waals surface area contributed by atoms with E-state index in [0.717, 1.165) is 42.5 Å². The molecule has 5 nitrogen and oxygen atoms in total. The molecule has 0 saturated heterocycles. The molecule has 4 aliphatic rings. The van der Waals surface area contributed by atoms with E-state index in [2.05, 4.69) is 5.32 Å². The molecule has 35 heavy (non-hydrogen) atoms. The van der Waals surface area contributed by atoms with E-state index in [1.807, 2.05) is 13.0 Å². The third-order valence-electron chi connectivity index (χ3n) is 7.91. The van der Waals surface area contributed by atoms with E-state index < -0.39 is 26.1 Å². The molecule has 2 aromatic rings. The number of sulfone groups is 1. The van der Waals surface area contributed by atoms with Gasteiger partial charge in [-0.25, -0.2) is 8.42 Å². The maximum absolute atomic E-state index is 13.1. The number of anilines is 1. The van der Waals surface area contributed by atoms with E-state index in [1.54, 1.807) is 6.07 Å². The van der Waals surface area contributed by atoms with Gasteiger partial charge < -0.3 is 10.4 Å². The smallest absolute Gasteiger partial charge is 0.501 e. The standard InChI is InChI=1S/C25H25ClF3NO4S/c1-13-4-18(22(31)19(5-13)24-10-14-6-15(11-24)8-16(7-14)12-24)23(32)30-21-3-2-17(9-20(21)26)35(33,34)25(27,28)29/h2-5,9,14-16,31H,6-8,10-12H2,1H3,(H,30,32). The molecule has 4 bridgehead atoms. The Morgan fingerprint density at radius 2 is 1.63 bits per heavy atom. The average molecular weight is 528 g/mol. The number of benzene rings is 2. The van der Waals surface area contributed by atoms with Crippen molar-refractivity contribution in [2.45, 2.75) is 61.3 Å². The Bertz CT molecular complexity index is 1290.